The van der Waals surface area contributed by atoms with Crippen LogP contribution in [0.1, 0.15) is 34.9 Å². The molecule has 2 aromatic rings. The molecule has 0 radical (unpaired) electrons. The number of aliphatic hydroxyl groups excluding tert-OH is 1. The minimum Gasteiger partial charge on any atom is -0.387 e. The number of carbonyl (C=O) groups excluding carboxylic acids is 1. The third kappa shape index (κ3) is 4.73. The molecular formula is C19H19Cl2N3O4. The number of rotatable bonds is 6. The molecule has 9 heteroatoms. The van der Waals surface area contributed by atoms with Crippen molar-refractivity contribution < 1.29 is 14.8 Å². The van der Waals surface area contributed by atoms with Crippen molar-refractivity contribution in [3.63, 3.8) is 0 Å². The summed E-state index contributed by atoms with van der Waals surface area (Å²) in [5.41, 5.74) is 0.849. The molecule has 1 saturated heterocycles. The molecule has 1 aliphatic heterocycles. The van der Waals surface area contributed by atoms with Crippen LogP contribution in [0.2, 0.25) is 10.0 Å². The molecule has 7 nitrogen and oxygen atoms in total. The zero-order valence-electron chi connectivity index (χ0n) is 14.9. The Labute approximate surface area is 172 Å². The highest BCUT2D eigenvalue weighted by Crippen LogP contribution is 2.27. The third-order valence-electron chi connectivity index (χ3n) is 4.59. The molecule has 0 spiro atoms. The standard InChI is InChI=1S/C19H19Cl2N3O4/c20-13-7-12(8-14(21)9-13)18(25)11-22-15-3-4-17(24(27)28)16(10-15)19(26)23-5-1-2-6-23/h3-4,7-10,18,22,25H,1-2,5-6,11H2. The minimum atomic E-state index is -0.899. The lowest BCUT2D eigenvalue weighted by atomic mass is 10.1. The number of aliphatic hydroxyl groups is 1. The summed E-state index contributed by atoms with van der Waals surface area (Å²) in [7, 11) is 0. The Hall–Kier alpha value is -2.35. The van der Waals surface area contributed by atoms with Gasteiger partial charge in [0, 0.05) is 41.4 Å². The predicted molar refractivity (Wildman–Crippen MR) is 108 cm³/mol. The van der Waals surface area contributed by atoms with Crippen LogP contribution in [0.15, 0.2) is 36.4 Å². The first-order valence-electron chi connectivity index (χ1n) is 8.81. The Kier molecular flexibility index (Phi) is 6.39. The number of nitro benzene ring substituents is 1. The highest BCUT2D eigenvalue weighted by atomic mass is 35.5. The molecule has 0 aromatic heterocycles. The summed E-state index contributed by atoms with van der Waals surface area (Å²) in [6, 6.07) is 9.05. The minimum absolute atomic E-state index is 0.0391. The molecule has 1 atom stereocenters. The molecule has 1 amide bonds. The fraction of sp³-hybridized carbons (Fsp3) is 0.316. The molecule has 1 heterocycles. The van der Waals surface area contributed by atoms with Gasteiger partial charge in [0.2, 0.25) is 0 Å². The normalized spacial score (nSPS) is 14.8. The molecule has 28 heavy (non-hydrogen) atoms. The number of halogens is 2. The molecule has 3 rings (SSSR count). The number of hydrogen-bond acceptors (Lipinski definition) is 5. The van der Waals surface area contributed by atoms with Gasteiger partial charge in [0.1, 0.15) is 5.56 Å². The van der Waals surface area contributed by atoms with Gasteiger partial charge in [0.25, 0.3) is 11.6 Å². The molecule has 2 aromatic carbocycles. The average molecular weight is 424 g/mol. The Bertz CT molecular complexity index is 880. The van der Waals surface area contributed by atoms with Gasteiger partial charge in [-0.1, -0.05) is 23.2 Å². The fourth-order valence-electron chi connectivity index (χ4n) is 3.17. The van der Waals surface area contributed by atoms with E-state index in [4.69, 9.17) is 23.2 Å². The van der Waals surface area contributed by atoms with Crippen LogP contribution in [0.25, 0.3) is 0 Å². The molecule has 0 bridgehead atoms. The van der Waals surface area contributed by atoms with E-state index in [1.54, 1.807) is 23.1 Å². The van der Waals surface area contributed by atoms with Gasteiger partial charge in [0.15, 0.2) is 0 Å². The van der Waals surface area contributed by atoms with E-state index in [0.29, 0.717) is 34.4 Å². The van der Waals surface area contributed by atoms with E-state index in [-0.39, 0.29) is 23.7 Å². The summed E-state index contributed by atoms with van der Waals surface area (Å²) in [5.74, 6) is -0.352. The number of carbonyl (C=O) groups is 1. The summed E-state index contributed by atoms with van der Waals surface area (Å²) in [6.45, 7) is 1.32. The van der Waals surface area contributed by atoms with Gasteiger partial charge in [-0.2, -0.15) is 0 Å². The average Bonchev–Trinajstić information content (AvgIpc) is 3.19. The van der Waals surface area contributed by atoms with Crippen molar-refractivity contribution in [3.8, 4) is 0 Å². The van der Waals surface area contributed by atoms with Crippen LogP contribution in [0.5, 0.6) is 0 Å². The lowest BCUT2D eigenvalue weighted by molar-refractivity contribution is -0.385. The first kappa shape index (κ1) is 20.4. The largest absolute Gasteiger partial charge is 0.387 e. The zero-order chi connectivity index (χ0) is 20.3. The van der Waals surface area contributed by atoms with E-state index >= 15 is 0 Å². The smallest absolute Gasteiger partial charge is 0.282 e. The maximum atomic E-state index is 12.7. The number of nitrogens with one attached hydrogen (secondary N) is 1. The van der Waals surface area contributed by atoms with Crippen molar-refractivity contribution in [2.45, 2.75) is 18.9 Å². The van der Waals surface area contributed by atoms with Crippen LogP contribution in [0.4, 0.5) is 11.4 Å². The second-order valence-corrected chi connectivity index (χ2v) is 7.46. The zero-order valence-corrected chi connectivity index (χ0v) is 16.4. The molecule has 1 fully saturated rings. The number of benzene rings is 2. The summed E-state index contributed by atoms with van der Waals surface area (Å²) < 4.78 is 0. The molecule has 0 saturated carbocycles. The van der Waals surface area contributed by atoms with Crippen LogP contribution >= 0.6 is 23.2 Å². The molecule has 148 valence electrons. The van der Waals surface area contributed by atoms with Crippen molar-refractivity contribution in [1.29, 1.82) is 0 Å². The van der Waals surface area contributed by atoms with Crippen molar-refractivity contribution in [1.82, 2.24) is 4.90 Å². The Morgan fingerprint density at radius 2 is 1.82 bits per heavy atom. The molecule has 0 aliphatic carbocycles. The number of amides is 1. The molecular weight excluding hydrogens is 405 g/mol. The summed E-state index contributed by atoms with van der Waals surface area (Å²) in [5, 5.41) is 25.5. The van der Waals surface area contributed by atoms with Crippen molar-refractivity contribution in [3.05, 3.63) is 67.7 Å². The molecule has 1 aliphatic rings. The maximum absolute atomic E-state index is 12.7. The second kappa shape index (κ2) is 8.77. The lowest BCUT2D eigenvalue weighted by Gasteiger charge is -2.17. The first-order valence-corrected chi connectivity index (χ1v) is 9.56. The van der Waals surface area contributed by atoms with Gasteiger partial charge in [-0.05, 0) is 48.7 Å². The van der Waals surface area contributed by atoms with Gasteiger partial charge < -0.3 is 15.3 Å². The van der Waals surface area contributed by atoms with E-state index in [0.717, 1.165) is 12.8 Å². The number of nitrogens with zero attached hydrogens (tertiary/aromatic N) is 2. The van der Waals surface area contributed by atoms with Crippen LogP contribution in [-0.2, 0) is 0 Å². The van der Waals surface area contributed by atoms with Crippen LogP contribution in [-0.4, -0.2) is 40.5 Å². The predicted octanol–water partition coefficient (Wildman–Crippen LogP) is 4.28. The Balaban J connectivity index is 1.77. The fourth-order valence-corrected chi connectivity index (χ4v) is 3.71. The van der Waals surface area contributed by atoms with Gasteiger partial charge >= 0.3 is 0 Å². The van der Waals surface area contributed by atoms with E-state index in [1.807, 2.05) is 0 Å². The topological polar surface area (TPSA) is 95.7 Å². The van der Waals surface area contributed by atoms with E-state index in [2.05, 4.69) is 5.32 Å². The monoisotopic (exact) mass is 423 g/mol. The number of hydrogen-bond donors (Lipinski definition) is 2. The van der Waals surface area contributed by atoms with Crippen LogP contribution < -0.4 is 5.32 Å². The SMILES string of the molecule is O=C(c1cc(NCC(O)c2cc(Cl)cc(Cl)c2)ccc1[N+](=O)[O-])N1CCCC1. The van der Waals surface area contributed by atoms with Crippen molar-refractivity contribution >= 4 is 40.5 Å². The Morgan fingerprint density at radius 3 is 2.43 bits per heavy atom. The third-order valence-corrected chi connectivity index (χ3v) is 5.02. The summed E-state index contributed by atoms with van der Waals surface area (Å²) in [4.78, 5) is 25.1. The van der Waals surface area contributed by atoms with Crippen LogP contribution in [0, 0.1) is 10.1 Å². The maximum Gasteiger partial charge on any atom is 0.282 e. The highest BCUT2D eigenvalue weighted by Gasteiger charge is 2.27. The van der Waals surface area contributed by atoms with Gasteiger partial charge in [-0.15, -0.1) is 0 Å². The number of likely N-dealkylation sites (tertiary alicyclic amines) is 1. The molecule has 2 N–H and O–H groups in total. The summed E-state index contributed by atoms with van der Waals surface area (Å²) >= 11 is 11.9. The first-order chi connectivity index (χ1) is 13.3. The quantitative estimate of drug-likeness (QED) is 0.533. The second-order valence-electron chi connectivity index (χ2n) is 6.59. The van der Waals surface area contributed by atoms with Gasteiger partial charge in [-0.3, -0.25) is 14.9 Å². The Morgan fingerprint density at radius 1 is 1.18 bits per heavy atom. The van der Waals surface area contributed by atoms with E-state index in [9.17, 15) is 20.0 Å². The number of nitro groups is 1. The van der Waals surface area contributed by atoms with Gasteiger partial charge in [0.05, 0.1) is 11.0 Å². The van der Waals surface area contributed by atoms with Crippen molar-refractivity contribution in [2.24, 2.45) is 0 Å². The molecule has 1 unspecified atom stereocenters. The van der Waals surface area contributed by atoms with E-state index in [1.165, 1.54) is 18.2 Å². The van der Waals surface area contributed by atoms with Gasteiger partial charge in [-0.25, -0.2) is 0 Å². The lowest BCUT2D eigenvalue weighted by Crippen LogP contribution is -2.28. The highest BCUT2D eigenvalue weighted by molar-refractivity contribution is 6.34. The van der Waals surface area contributed by atoms with E-state index < -0.39 is 11.0 Å². The summed E-state index contributed by atoms with van der Waals surface area (Å²) in [6.07, 6.45) is 0.890. The van der Waals surface area contributed by atoms with Crippen molar-refractivity contribution in [2.75, 3.05) is 25.0 Å². The van der Waals surface area contributed by atoms with Crippen LogP contribution in [0.3, 0.4) is 0 Å². The number of anilines is 1.